The van der Waals surface area contributed by atoms with Crippen molar-refractivity contribution < 1.29 is 129 Å². The molecule has 0 N–H and O–H groups in total. The predicted molar refractivity (Wildman–Crippen MR) is 262 cm³/mol. The van der Waals surface area contributed by atoms with E-state index in [4.69, 9.17) is 9.47 Å². The van der Waals surface area contributed by atoms with Gasteiger partial charge < -0.3 is 9.47 Å². The first-order valence-corrected chi connectivity index (χ1v) is 24.3. The minimum atomic E-state index is -6.13. The van der Waals surface area contributed by atoms with Crippen LogP contribution in [-0.2, 0) is 75.0 Å². The maximum Gasteiger partial charge on any atom is 0.416 e. The summed E-state index contributed by atoms with van der Waals surface area (Å²) in [4.78, 5) is 26.2. The van der Waals surface area contributed by atoms with Crippen molar-refractivity contribution in [2.45, 2.75) is 109 Å². The normalized spacial score (nSPS) is 13.4. The third kappa shape index (κ3) is 17.3. The van der Waals surface area contributed by atoms with E-state index in [1.54, 1.807) is 41.5 Å². The zero-order valence-electron chi connectivity index (χ0n) is 44.6. The highest BCUT2D eigenvalue weighted by molar-refractivity contribution is 7.20. The van der Waals surface area contributed by atoms with Crippen LogP contribution in [0.15, 0.2) is 139 Å². The van der Waals surface area contributed by atoms with Crippen molar-refractivity contribution in [3.8, 4) is 0 Å². The van der Waals surface area contributed by atoms with Crippen molar-refractivity contribution >= 4 is 45.5 Å². The molecule has 0 amide bonds. The predicted octanol–water partition coefficient (Wildman–Crippen LogP) is 15.3. The smallest absolute Gasteiger partial charge is 0.416 e. The summed E-state index contributed by atoms with van der Waals surface area (Å²) >= 11 is 0. The minimum Gasteiger partial charge on any atom is -0.456 e. The first-order valence-electron chi connectivity index (χ1n) is 24.3. The average molecular weight is 1260 g/mol. The Morgan fingerprint density at radius 1 is 0.349 bits per heavy atom. The lowest BCUT2D eigenvalue weighted by Gasteiger charge is -2.46. The molecule has 6 aromatic rings. The summed E-state index contributed by atoms with van der Waals surface area (Å²) in [5, 5.41) is 0. The van der Waals surface area contributed by atoms with Gasteiger partial charge in [0.25, 0.3) is 0 Å². The topological polar surface area (TPSA) is 56.5 Å². The van der Waals surface area contributed by atoms with E-state index in [-0.39, 0.29) is 5.57 Å². The molecule has 5 aromatic carbocycles. The lowest BCUT2D eigenvalue weighted by Crippen LogP contribution is -2.75. The SMILES string of the molecule is CC(C)(C)OC(=O)C(C(=O)OC(C)(C)C)=C(C[n+]1ccccc1)c1ccccc1.FC(F)(F)c1cc([B-](c2cc(C(F)(F)F)cc(C(F)(F)F)c2)(c2cc(C(F)(F)F)cc(C(F)(F)F)c2)c2cc(C(F)(F)F)cc(C(F)(F)F)c2)cc(C(F)(F)F)c1. The van der Waals surface area contributed by atoms with Gasteiger partial charge in [0.2, 0.25) is 0 Å². The Morgan fingerprint density at radius 2 is 0.570 bits per heavy atom. The molecular formula is C56H42BF24NO4. The Morgan fingerprint density at radius 3 is 0.779 bits per heavy atom. The van der Waals surface area contributed by atoms with Crippen molar-refractivity contribution in [2.75, 3.05) is 0 Å². The summed E-state index contributed by atoms with van der Waals surface area (Å²) < 4.78 is 354. The van der Waals surface area contributed by atoms with E-state index in [9.17, 15) is 115 Å². The lowest BCUT2D eigenvalue weighted by molar-refractivity contribution is -0.684. The number of esters is 2. The zero-order chi connectivity index (χ0) is 65.6. The largest absolute Gasteiger partial charge is 0.456 e. The quantitative estimate of drug-likeness (QED) is 0.0275. The van der Waals surface area contributed by atoms with E-state index >= 15 is 0 Å². The van der Waals surface area contributed by atoms with Crippen LogP contribution in [0.2, 0.25) is 0 Å². The molecule has 0 fully saturated rings. The number of hydrogen-bond donors (Lipinski definition) is 0. The van der Waals surface area contributed by atoms with Crippen LogP contribution in [0.3, 0.4) is 0 Å². The molecule has 0 saturated carbocycles. The first-order chi connectivity index (χ1) is 38.7. The fourth-order valence-electron chi connectivity index (χ4n) is 8.73. The Bertz CT molecular complexity index is 2980. The second-order valence-electron chi connectivity index (χ2n) is 21.0. The van der Waals surface area contributed by atoms with Gasteiger partial charge in [-0.25, -0.2) is 14.2 Å². The van der Waals surface area contributed by atoms with E-state index < -0.39 is 218 Å². The third-order valence-electron chi connectivity index (χ3n) is 12.2. The standard InChI is InChI=1S/C32H12BF24.C24H30NO4/c34-25(35,36)13-1-14(26(37,38)39)6-21(5-13)33(22-7-15(27(40,41)42)2-16(8-22)28(43,44)45,23-9-17(29(46,47)48)3-18(10-23)30(49,50)51)24-11-19(31(52,53)54)4-20(12-24)32(55,56)57;1-23(2,3)28-21(26)20(22(27)29-24(4,5)6)19(18-13-9-7-10-14-18)17-25-15-11-8-12-16-25/h1-12H;7-16H,17H2,1-6H3/q-1;+1. The van der Waals surface area contributed by atoms with Crippen LogP contribution in [0, 0.1) is 0 Å². The molecule has 0 radical (unpaired) electrons. The highest BCUT2D eigenvalue weighted by Crippen LogP contribution is 2.42. The number of halogens is 24. The summed E-state index contributed by atoms with van der Waals surface area (Å²) in [6.07, 6.45) is -51.0. The van der Waals surface area contributed by atoms with Crippen molar-refractivity contribution in [1.29, 1.82) is 0 Å². The third-order valence-corrected chi connectivity index (χ3v) is 12.2. The number of alkyl halides is 24. The number of pyridine rings is 1. The Balaban J connectivity index is 0.000000389. The van der Waals surface area contributed by atoms with Crippen LogP contribution in [0.1, 0.15) is 91.6 Å². The van der Waals surface area contributed by atoms with Crippen LogP contribution in [-0.4, -0.2) is 29.3 Å². The van der Waals surface area contributed by atoms with Crippen LogP contribution >= 0.6 is 0 Å². The molecule has 0 bridgehead atoms. The summed E-state index contributed by atoms with van der Waals surface area (Å²) in [7, 11) is 0. The Kier molecular flexibility index (Phi) is 19.2. The van der Waals surface area contributed by atoms with E-state index in [1.165, 1.54) is 0 Å². The highest BCUT2D eigenvalue weighted by atomic mass is 19.4. The van der Waals surface area contributed by atoms with Gasteiger partial charge in [-0.2, -0.15) is 127 Å². The fourth-order valence-corrected chi connectivity index (χ4v) is 8.73. The number of carbonyl (C=O) groups is 2. The molecule has 30 heteroatoms. The molecule has 5 nitrogen and oxygen atoms in total. The second-order valence-corrected chi connectivity index (χ2v) is 21.0. The zero-order valence-corrected chi connectivity index (χ0v) is 44.6. The summed E-state index contributed by atoms with van der Waals surface area (Å²) in [6, 6.07) is 6.24. The van der Waals surface area contributed by atoms with Crippen LogP contribution < -0.4 is 26.4 Å². The molecule has 6 rings (SSSR count). The molecule has 0 aliphatic carbocycles. The summed E-state index contributed by atoms with van der Waals surface area (Å²) in [5.41, 5.74) is -30.5. The van der Waals surface area contributed by atoms with Crippen LogP contribution in [0.5, 0.6) is 0 Å². The molecule has 1 aromatic heterocycles. The van der Waals surface area contributed by atoms with Crippen LogP contribution in [0.25, 0.3) is 5.57 Å². The number of hydrogen-bond acceptors (Lipinski definition) is 4. The maximum atomic E-state index is 14.2. The van der Waals surface area contributed by atoms with Gasteiger partial charge in [0.15, 0.2) is 24.5 Å². The molecule has 0 aliphatic rings. The van der Waals surface area contributed by atoms with Gasteiger partial charge in [-0.05, 0) is 71.4 Å². The molecule has 0 unspecified atom stereocenters. The van der Waals surface area contributed by atoms with Crippen LogP contribution in [0.4, 0.5) is 105 Å². The number of aromatic nitrogens is 1. The van der Waals surface area contributed by atoms with Gasteiger partial charge in [0.05, 0.1) is 44.5 Å². The number of benzene rings is 5. The van der Waals surface area contributed by atoms with E-state index in [0.717, 1.165) is 5.56 Å². The molecule has 0 saturated heterocycles. The van der Waals surface area contributed by atoms with Gasteiger partial charge >= 0.3 is 61.3 Å². The number of nitrogens with zero attached hydrogens (tertiary/aromatic N) is 1. The minimum absolute atomic E-state index is 0.0857. The van der Waals surface area contributed by atoms with Gasteiger partial charge in [0.1, 0.15) is 17.3 Å². The maximum absolute atomic E-state index is 14.2. The van der Waals surface area contributed by atoms with Crippen molar-refractivity contribution in [2.24, 2.45) is 0 Å². The van der Waals surface area contributed by atoms with Gasteiger partial charge in [0, 0.05) is 17.7 Å². The molecule has 1 heterocycles. The molecule has 86 heavy (non-hydrogen) atoms. The van der Waals surface area contributed by atoms with Gasteiger partial charge in [-0.3, -0.25) is 0 Å². The van der Waals surface area contributed by atoms with Crippen molar-refractivity contribution in [3.05, 3.63) is 189 Å². The molecule has 0 spiro atoms. The van der Waals surface area contributed by atoms with E-state index in [0.29, 0.717) is 12.1 Å². The highest BCUT2D eigenvalue weighted by Gasteiger charge is 2.47. The summed E-state index contributed by atoms with van der Waals surface area (Å²) in [5.74, 6) is -1.38. The van der Waals surface area contributed by atoms with Gasteiger partial charge in [-0.1, -0.05) is 84.9 Å². The second kappa shape index (κ2) is 23.9. The van der Waals surface area contributed by atoms with Gasteiger partial charge in [-0.15, -0.1) is 0 Å². The average Bonchev–Trinajstić information content (AvgIpc) is 0.799. The van der Waals surface area contributed by atoms with E-state index in [1.807, 2.05) is 65.5 Å². The monoisotopic (exact) mass is 1260 g/mol. The molecule has 0 aliphatic heterocycles. The lowest BCUT2D eigenvalue weighted by atomic mass is 9.12. The Labute approximate surface area is 471 Å². The van der Waals surface area contributed by atoms with E-state index in [2.05, 4.69) is 0 Å². The number of carbonyl (C=O) groups excluding carboxylic acids is 2. The molecule has 0 atom stereocenters. The number of rotatable bonds is 9. The molecule has 466 valence electrons. The number of allylic oxidation sites excluding steroid dienone is 1. The summed E-state index contributed by atoms with van der Waals surface area (Å²) in [6.45, 7) is 10.9. The fraction of sp³-hybridized carbons (Fsp3) is 0.304. The molecular weight excluding hydrogens is 1220 g/mol. The van der Waals surface area contributed by atoms with Crippen molar-refractivity contribution in [1.82, 2.24) is 0 Å². The Hall–Kier alpha value is -7.69. The number of ether oxygens (including phenoxy) is 2. The van der Waals surface area contributed by atoms with Crippen molar-refractivity contribution in [3.63, 3.8) is 0 Å². The first kappa shape index (κ1) is 69.1.